The number of carbonyl (C=O) groups excluding carboxylic acids is 1. The highest BCUT2D eigenvalue weighted by molar-refractivity contribution is 6.01. The van der Waals surface area contributed by atoms with Crippen LogP contribution in [0.25, 0.3) is 10.9 Å². The second kappa shape index (κ2) is 5.58. The minimum Gasteiger partial charge on any atom is -0.507 e. The predicted molar refractivity (Wildman–Crippen MR) is 91.8 cm³/mol. The molecule has 0 saturated carbocycles. The molecule has 1 amide bonds. The monoisotopic (exact) mass is 339 g/mol. The molecular weight excluding hydrogens is 321 g/mol. The van der Waals surface area contributed by atoms with Gasteiger partial charge in [0.1, 0.15) is 11.6 Å². The Labute approximate surface area is 144 Å². The standard InChI is InChI=1S/C19H18FN3O2/c1-10(2)18-14-6-15(17(24)7-16(14)21-22-18)19(25)23-8-11-3-4-13(20)5-12(11)9-23/h3-7,10,24H,8-9H2,1-2H3,(H,21,22). The molecule has 0 radical (unpaired) electrons. The number of aromatic nitrogens is 2. The van der Waals surface area contributed by atoms with Crippen molar-refractivity contribution in [2.45, 2.75) is 32.9 Å². The van der Waals surface area contributed by atoms with Crippen LogP contribution >= 0.6 is 0 Å². The summed E-state index contributed by atoms with van der Waals surface area (Å²) in [6.07, 6.45) is 0. The summed E-state index contributed by atoms with van der Waals surface area (Å²) in [7, 11) is 0. The number of phenols is 1. The number of H-pyrrole nitrogens is 1. The maximum absolute atomic E-state index is 13.4. The smallest absolute Gasteiger partial charge is 0.258 e. The fourth-order valence-electron chi connectivity index (χ4n) is 3.36. The minimum absolute atomic E-state index is 0.0846. The summed E-state index contributed by atoms with van der Waals surface area (Å²) in [6, 6.07) is 7.78. The molecule has 0 saturated heterocycles. The van der Waals surface area contributed by atoms with E-state index in [1.165, 1.54) is 18.2 Å². The van der Waals surface area contributed by atoms with E-state index in [4.69, 9.17) is 0 Å². The lowest BCUT2D eigenvalue weighted by Crippen LogP contribution is -2.25. The molecule has 0 atom stereocenters. The lowest BCUT2D eigenvalue weighted by molar-refractivity contribution is 0.0748. The number of nitrogens with one attached hydrogen (secondary N) is 1. The average molecular weight is 339 g/mol. The van der Waals surface area contributed by atoms with Crippen molar-refractivity contribution in [3.8, 4) is 5.75 Å². The summed E-state index contributed by atoms with van der Waals surface area (Å²) in [5.41, 5.74) is 3.53. The molecule has 25 heavy (non-hydrogen) atoms. The topological polar surface area (TPSA) is 69.2 Å². The summed E-state index contributed by atoms with van der Waals surface area (Å²) in [4.78, 5) is 14.5. The molecular formula is C19H18FN3O2. The predicted octanol–water partition coefficient (Wildman–Crippen LogP) is 3.69. The highest BCUT2D eigenvalue weighted by Gasteiger charge is 2.27. The van der Waals surface area contributed by atoms with Gasteiger partial charge in [0.2, 0.25) is 0 Å². The zero-order valence-corrected chi connectivity index (χ0v) is 14.0. The van der Waals surface area contributed by atoms with Crippen LogP contribution in [-0.2, 0) is 13.1 Å². The minimum atomic E-state index is -0.308. The van der Waals surface area contributed by atoms with Crippen molar-refractivity contribution in [3.05, 3.63) is 58.5 Å². The van der Waals surface area contributed by atoms with E-state index in [9.17, 15) is 14.3 Å². The third kappa shape index (κ3) is 2.54. The molecule has 2 aromatic carbocycles. The molecule has 0 unspecified atom stereocenters. The zero-order chi connectivity index (χ0) is 17.7. The summed E-state index contributed by atoms with van der Waals surface area (Å²) >= 11 is 0. The third-order valence-electron chi connectivity index (χ3n) is 4.66. The van der Waals surface area contributed by atoms with E-state index < -0.39 is 0 Å². The molecule has 0 aliphatic carbocycles. The average Bonchev–Trinajstić information content (AvgIpc) is 3.16. The van der Waals surface area contributed by atoms with Crippen molar-refractivity contribution >= 4 is 16.8 Å². The van der Waals surface area contributed by atoms with Crippen LogP contribution in [-0.4, -0.2) is 26.1 Å². The van der Waals surface area contributed by atoms with Crippen molar-refractivity contribution < 1.29 is 14.3 Å². The number of fused-ring (bicyclic) bond motifs is 2. The molecule has 2 N–H and O–H groups in total. The number of hydrogen-bond acceptors (Lipinski definition) is 3. The quantitative estimate of drug-likeness (QED) is 0.748. The van der Waals surface area contributed by atoms with E-state index in [0.717, 1.165) is 22.2 Å². The first-order valence-electron chi connectivity index (χ1n) is 8.21. The fourth-order valence-corrected chi connectivity index (χ4v) is 3.36. The van der Waals surface area contributed by atoms with E-state index >= 15 is 0 Å². The van der Waals surface area contributed by atoms with Gasteiger partial charge in [-0.3, -0.25) is 9.89 Å². The second-order valence-electron chi connectivity index (χ2n) is 6.75. The Morgan fingerprint density at radius 3 is 2.76 bits per heavy atom. The van der Waals surface area contributed by atoms with Gasteiger partial charge in [0.15, 0.2) is 0 Å². The molecule has 2 heterocycles. The summed E-state index contributed by atoms with van der Waals surface area (Å²) in [5, 5.41) is 18.3. The van der Waals surface area contributed by atoms with Crippen molar-refractivity contribution in [2.75, 3.05) is 0 Å². The van der Waals surface area contributed by atoms with Crippen molar-refractivity contribution in [1.82, 2.24) is 15.1 Å². The van der Waals surface area contributed by atoms with Gasteiger partial charge in [-0.1, -0.05) is 19.9 Å². The molecule has 1 aliphatic rings. The number of halogens is 1. The number of nitrogens with zero attached hydrogens (tertiary/aromatic N) is 2. The molecule has 128 valence electrons. The van der Waals surface area contributed by atoms with E-state index in [1.807, 2.05) is 13.8 Å². The number of rotatable bonds is 2. The van der Waals surface area contributed by atoms with Crippen LogP contribution in [0.3, 0.4) is 0 Å². The van der Waals surface area contributed by atoms with Gasteiger partial charge in [-0.25, -0.2) is 4.39 Å². The fraction of sp³-hybridized carbons (Fsp3) is 0.263. The number of carbonyl (C=O) groups is 1. The Morgan fingerprint density at radius 1 is 1.24 bits per heavy atom. The number of amides is 1. The highest BCUT2D eigenvalue weighted by Crippen LogP contribution is 2.32. The molecule has 1 aromatic heterocycles. The van der Waals surface area contributed by atoms with Gasteiger partial charge in [0.25, 0.3) is 5.91 Å². The summed E-state index contributed by atoms with van der Waals surface area (Å²) < 4.78 is 13.4. The van der Waals surface area contributed by atoms with Crippen molar-refractivity contribution in [3.63, 3.8) is 0 Å². The summed E-state index contributed by atoms with van der Waals surface area (Å²) in [6.45, 7) is 4.80. The first-order chi connectivity index (χ1) is 11.9. The van der Waals surface area contributed by atoms with Crippen LogP contribution < -0.4 is 0 Å². The number of benzene rings is 2. The van der Waals surface area contributed by atoms with Gasteiger partial charge in [0, 0.05) is 24.5 Å². The Balaban J connectivity index is 1.71. The number of aromatic hydroxyl groups is 1. The number of aromatic amines is 1. The van der Waals surface area contributed by atoms with Crippen LogP contribution in [0.15, 0.2) is 30.3 Å². The van der Waals surface area contributed by atoms with Crippen LogP contribution in [0.5, 0.6) is 5.75 Å². The van der Waals surface area contributed by atoms with E-state index in [1.54, 1.807) is 17.0 Å². The van der Waals surface area contributed by atoms with Gasteiger partial charge in [0.05, 0.1) is 16.8 Å². The van der Waals surface area contributed by atoms with Crippen LogP contribution in [0.2, 0.25) is 0 Å². The molecule has 5 nitrogen and oxygen atoms in total. The Morgan fingerprint density at radius 2 is 2.00 bits per heavy atom. The van der Waals surface area contributed by atoms with Crippen LogP contribution in [0.1, 0.15) is 46.9 Å². The maximum Gasteiger partial charge on any atom is 0.258 e. The molecule has 6 heteroatoms. The zero-order valence-electron chi connectivity index (χ0n) is 14.0. The molecule has 0 fully saturated rings. The van der Waals surface area contributed by atoms with Crippen LogP contribution in [0.4, 0.5) is 4.39 Å². The first-order valence-corrected chi connectivity index (χ1v) is 8.21. The third-order valence-corrected chi connectivity index (χ3v) is 4.66. The first kappa shape index (κ1) is 15.6. The van der Waals surface area contributed by atoms with E-state index in [0.29, 0.717) is 18.6 Å². The van der Waals surface area contributed by atoms with Gasteiger partial charge < -0.3 is 10.0 Å². The normalized spacial score (nSPS) is 13.7. The van der Waals surface area contributed by atoms with Crippen LogP contribution in [0, 0.1) is 5.82 Å². The highest BCUT2D eigenvalue weighted by atomic mass is 19.1. The van der Waals surface area contributed by atoms with Gasteiger partial charge in [-0.05, 0) is 35.2 Å². The molecule has 3 aromatic rings. The van der Waals surface area contributed by atoms with Gasteiger partial charge in [-0.15, -0.1) is 0 Å². The lowest BCUT2D eigenvalue weighted by Gasteiger charge is -2.16. The van der Waals surface area contributed by atoms with Crippen molar-refractivity contribution in [1.29, 1.82) is 0 Å². The molecule has 0 spiro atoms. The second-order valence-corrected chi connectivity index (χ2v) is 6.75. The van der Waals surface area contributed by atoms with Gasteiger partial charge >= 0.3 is 0 Å². The SMILES string of the molecule is CC(C)c1n[nH]c2cc(O)c(C(=O)N3Cc4ccc(F)cc4C3)cc12. The molecule has 0 bridgehead atoms. The number of hydrogen-bond donors (Lipinski definition) is 2. The maximum atomic E-state index is 13.4. The molecule has 4 rings (SSSR count). The summed E-state index contributed by atoms with van der Waals surface area (Å²) in [5.74, 6) is -0.469. The Kier molecular flexibility index (Phi) is 3.49. The van der Waals surface area contributed by atoms with Gasteiger partial charge in [-0.2, -0.15) is 5.10 Å². The molecule has 1 aliphatic heterocycles. The largest absolute Gasteiger partial charge is 0.507 e. The van der Waals surface area contributed by atoms with E-state index in [2.05, 4.69) is 10.2 Å². The number of phenolic OH excluding ortho intramolecular Hbond substituents is 1. The Bertz CT molecular complexity index is 994. The lowest BCUT2D eigenvalue weighted by atomic mass is 10.0. The Hall–Kier alpha value is -2.89. The van der Waals surface area contributed by atoms with E-state index in [-0.39, 0.29) is 29.0 Å². The van der Waals surface area contributed by atoms with Crippen molar-refractivity contribution in [2.24, 2.45) is 0 Å².